The van der Waals surface area contributed by atoms with Gasteiger partial charge in [-0.3, -0.25) is 9.58 Å². The van der Waals surface area contributed by atoms with Crippen LogP contribution < -0.4 is 5.32 Å². The van der Waals surface area contributed by atoms with Gasteiger partial charge in [-0.15, -0.1) is 0 Å². The average molecular weight is 236 g/mol. The maximum atomic E-state index is 4.46. The lowest BCUT2D eigenvalue weighted by Crippen LogP contribution is -2.37. The van der Waals surface area contributed by atoms with Crippen LogP contribution in [-0.4, -0.2) is 40.4 Å². The van der Waals surface area contributed by atoms with Crippen LogP contribution in [0, 0.1) is 0 Å². The summed E-state index contributed by atoms with van der Waals surface area (Å²) in [4.78, 5) is 2.52. The number of nitrogens with one attached hydrogen (secondary N) is 1. The summed E-state index contributed by atoms with van der Waals surface area (Å²) >= 11 is 0. The van der Waals surface area contributed by atoms with Gasteiger partial charge in [0.15, 0.2) is 0 Å². The van der Waals surface area contributed by atoms with Crippen molar-refractivity contribution in [3.8, 4) is 0 Å². The normalized spacial score (nSPS) is 20.3. The van der Waals surface area contributed by atoms with E-state index in [0.29, 0.717) is 6.04 Å². The predicted molar refractivity (Wildman–Crippen MR) is 69.8 cm³/mol. The van der Waals surface area contributed by atoms with E-state index in [1.165, 1.54) is 31.5 Å². The summed E-state index contributed by atoms with van der Waals surface area (Å²) in [5.74, 6) is 0. The van der Waals surface area contributed by atoms with E-state index in [9.17, 15) is 0 Å². The molecule has 1 aromatic rings. The Labute approximate surface area is 104 Å². The molecule has 0 aliphatic carbocycles. The van der Waals surface area contributed by atoms with E-state index in [1.807, 2.05) is 17.9 Å². The minimum atomic E-state index is 0.685. The zero-order valence-corrected chi connectivity index (χ0v) is 11.0. The van der Waals surface area contributed by atoms with Crippen LogP contribution in [0.4, 0.5) is 0 Å². The third kappa shape index (κ3) is 3.82. The summed E-state index contributed by atoms with van der Waals surface area (Å²) in [7, 11) is 1.98. The van der Waals surface area contributed by atoms with Gasteiger partial charge >= 0.3 is 0 Å². The Morgan fingerprint density at radius 1 is 1.59 bits per heavy atom. The van der Waals surface area contributed by atoms with E-state index in [-0.39, 0.29) is 0 Å². The molecule has 4 nitrogen and oxygen atoms in total. The van der Waals surface area contributed by atoms with Crippen molar-refractivity contribution < 1.29 is 0 Å². The molecule has 0 spiro atoms. The highest BCUT2D eigenvalue weighted by atomic mass is 15.3. The lowest BCUT2D eigenvalue weighted by atomic mass is 10.2. The van der Waals surface area contributed by atoms with Crippen LogP contribution in [0.3, 0.4) is 0 Å². The molecule has 0 bridgehead atoms. The van der Waals surface area contributed by atoms with Gasteiger partial charge in [-0.05, 0) is 38.4 Å². The molecular formula is C13H24N4. The van der Waals surface area contributed by atoms with Crippen LogP contribution in [0.2, 0.25) is 0 Å². The number of nitrogens with zero attached hydrogens (tertiary/aromatic N) is 3. The first-order chi connectivity index (χ1) is 8.28. The summed E-state index contributed by atoms with van der Waals surface area (Å²) in [5.41, 5.74) is 1.18. The van der Waals surface area contributed by atoms with Crippen molar-refractivity contribution in [2.24, 2.45) is 7.05 Å². The number of hydrogen-bond acceptors (Lipinski definition) is 3. The van der Waals surface area contributed by atoms with Crippen LogP contribution in [0.15, 0.2) is 12.3 Å². The standard InChI is InChI=1S/C13H24N4/c1-3-8-17(10-12-5-4-7-14-12)11-13-6-9-16(2)15-13/h6,9,12,14H,3-5,7-8,10-11H2,1-2H3. The zero-order valence-electron chi connectivity index (χ0n) is 11.0. The second-order valence-corrected chi connectivity index (χ2v) is 5.01. The Morgan fingerprint density at radius 2 is 2.47 bits per heavy atom. The third-order valence-electron chi connectivity index (χ3n) is 3.34. The maximum Gasteiger partial charge on any atom is 0.0764 e. The molecule has 0 radical (unpaired) electrons. The van der Waals surface area contributed by atoms with E-state index in [1.54, 1.807) is 0 Å². The van der Waals surface area contributed by atoms with Crippen molar-refractivity contribution in [2.45, 2.75) is 38.8 Å². The van der Waals surface area contributed by atoms with Gasteiger partial charge in [0.05, 0.1) is 5.69 Å². The van der Waals surface area contributed by atoms with Gasteiger partial charge in [0.1, 0.15) is 0 Å². The second kappa shape index (κ2) is 6.17. The number of rotatable bonds is 6. The topological polar surface area (TPSA) is 33.1 Å². The Hall–Kier alpha value is -0.870. The molecule has 1 fully saturated rings. The van der Waals surface area contributed by atoms with Crippen LogP contribution in [0.5, 0.6) is 0 Å². The summed E-state index contributed by atoms with van der Waals surface area (Å²) < 4.78 is 1.88. The molecule has 4 heteroatoms. The molecule has 2 heterocycles. The summed E-state index contributed by atoms with van der Waals surface area (Å²) in [6.07, 6.45) is 5.88. The highest BCUT2D eigenvalue weighted by Gasteiger charge is 2.17. The van der Waals surface area contributed by atoms with E-state index in [0.717, 1.165) is 19.6 Å². The second-order valence-electron chi connectivity index (χ2n) is 5.01. The molecule has 2 rings (SSSR count). The summed E-state index contributed by atoms with van der Waals surface area (Å²) in [6, 6.07) is 2.80. The van der Waals surface area contributed by atoms with Gasteiger partial charge in [0.25, 0.3) is 0 Å². The van der Waals surface area contributed by atoms with E-state index >= 15 is 0 Å². The highest BCUT2D eigenvalue weighted by molar-refractivity contribution is 4.98. The van der Waals surface area contributed by atoms with Gasteiger partial charge in [-0.2, -0.15) is 5.10 Å². The summed E-state index contributed by atoms with van der Waals surface area (Å²) in [6.45, 7) is 6.73. The molecule has 0 saturated carbocycles. The Morgan fingerprint density at radius 3 is 3.06 bits per heavy atom. The molecule has 1 N–H and O–H groups in total. The number of aromatic nitrogens is 2. The molecule has 1 unspecified atom stereocenters. The van der Waals surface area contributed by atoms with Gasteiger partial charge in [-0.25, -0.2) is 0 Å². The first-order valence-corrected chi connectivity index (χ1v) is 6.72. The molecule has 0 amide bonds. The minimum Gasteiger partial charge on any atom is -0.313 e. The fourth-order valence-corrected chi connectivity index (χ4v) is 2.55. The minimum absolute atomic E-state index is 0.685. The van der Waals surface area contributed by atoms with Gasteiger partial charge in [-0.1, -0.05) is 6.92 Å². The fourth-order valence-electron chi connectivity index (χ4n) is 2.55. The number of hydrogen-bond donors (Lipinski definition) is 1. The van der Waals surface area contributed by atoms with Crippen LogP contribution in [-0.2, 0) is 13.6 Å². The van der Waals surface area contributed by atoms with Crippen molar-refractivity contribution in [1.29, 1.82) is 0 Å². The largest absolute Gasteiger partial charge is 0.313 e. The van der Waals surface area contributed by atoms with Crippen molar-refractivity contribution >= 4 is 0 Å². The zero-order chi connectivity index (χ0) is 12.1. The van der Waals surface area contributed by atoms with Crippen molar-refractivity contribution in [3.05, 3.63) is 18.0 Å². The molecule has 17 heavy (non-hydrogen) atoms. The van der Waals surface area contributed by atoms with Gasteiger partial charge < -0.3 is 5.32 Å². The molecule has 1 aromatic heterocycles. The monoisotopic (exact) mass is 236 g/mol. The quantitative estimate of drug-likeness (QED) is 0.810. The molecule has 0 aromatic carbocycles. The maximum absolute atomic E-state index is 4.46. The Balaban J connectivity index is 1.87. The van der Waals surface area contributed by atoms with Gasteiger partial charge in [0, 0.05) is 32.4 Å². The van der Waals surface area contributed by atoms with Gasteiger partial charge in [0.2, 0.25) is 0 Å². The van der Waals surface area contributed by atoms with E-state index in [4.69, 9.17) is 0 Å². The first kappa shape index (κ1) is 12.6. The summed E-state index contributed by atoms with van der Waals surface area (Å²) in [5, 5.41) is 8.03. The van der Waals surface area contributed by atoms with E-state index < -0.39 is 0 Å². The van der Waals surface area contributed by atoms with Crippen molar-refractivity contribution in [3.63, 3.8) is 0 Å². The molecular weight excluding hydrogens is 212 g/mol. The predicted octanol–water partition coefficient (Wildman–Crippen LogP) is 1.38. The smallest absolute Gasteiger partial charge is 0.0764 e. The molecule has 1 atom stereocenters. The van der Waals surface area contributed by atoms with Crippen LogP contribution >= 0.6 is 0 Å². The molecule has 96 valence electrons. The van der Waals surface area contributed by atoms with Crippen LogP contribution in [0.25, 0.3) is 0 Å². The average Bonchev–Trinajstić information content (AvgIpc) is 2.91. The van der Waals surface area contributed by atoms with Crippen LogP contribution in [0.1, 0.15) is 31.9 Å². The lowest BCUT2D eigenvalue weighted by molar-refractivity contribution is 0.238. The fraction of sp³-hybridized carbons (Fsp3) is 0.769. The number of aryl methyl sites for hydroxylation is 1. The van der Waals surface area contributed by atoms with Crippen molar-refractivity contribution in [1.82, 2.24) is 20.0 Å². The first-order valence-electron chi connectivity index (χ1n) is 6.72. The lowest BCUT2D eigenvalue weighted by Gasteiger charge is -2.24. The third-order valence-corrected chi connectivity index (χ3v) is 3.34. The molecule has 1 saturated heterocycles. The van der Waals surface area contributed by atoms with Crippen molar-refractivity contribution in [2.75, 3.05) is 19.6 Å². The Kier molecular flexibility index (Phi) is 4.57. The highest BCUT2D eigenvalue weighted by Crippen LogP contribution is 2.10. The molecule has 1 aliphatic rings. The van der Waals surface area contributed by atoms with E-state index in [2.05, 4.69) is 28.3 Å². The molecule has 1 aliphatic heterocycles. The SMILES string of the molecule is CCCN(Cc1ccn(C)n1)CC1CCCN1. The Bertz CT molecular complexity index is 328.